The number of rotatable bonds is 2. The van der Waals surface area contributed by atoms with Gasteiger partial charge in [0.15, 0.2) is 11.6 Å². The van der Waals surface area contributed by atoms with Crippen molar-refractivity contribution in [2.24, 2.45) is 0 Å². The van der Waals surface area contributed by atoms with Crippen molar-refractivity contribution >= 4 is 34.7 Å². The molecule has 0 aliphatic carbocycles. The summed E-state index contributed by atoms with van der Waals surface area (Å²) in [6.07, 6.45) is 0. The summed E-state index contributed by atoms with van der Waals surface area (Å²) in [6, 6.07) is 4.78. The number of anilines is 2. The number of nitrogens with zero attached hydrogens (tertiary/aromatic N) is 3. The normalized spacial score (nSPS) is 10.2. The third-order valence-electron chi connectivity index (χ3n) is 2.81. The molecule has 0 unspecified atom stereocenters. The summed E-state index contributed by atoms with van der Waals surface area (Å²) in [6.45, 7) is 3.54. The summed E-state index contributed by atoms with van der Waals surface area (Å²) in [5, 5.41) is 19.7. The summed E-state index contributed by atoms with van der Waals surface area (Å²) in [7, 11) is 0. The lowest BCUT2D eigenvalue weighted by atomic mass is 10.1. The van der Waals surface area contributed by atoms with Crippen LogP contribution >= 0.6 is 23.2 Å². The van der Waals surface area contributed by atoms with Gasteiger partial charge in [-0.3, -0.25) is 0 Å². The van der Waals surface area contributed by atoms with Crippen LogP contribution in [0.2, 0.25) is 10.0 Å². The van der Waals surface area contributed by atoms with E-state index < -0.39 is 5.82 Å². The van der Waals surface area contributed by atoms with E-state index in [1.54, 1.807) is 13.8 Å². The number of benzene rings is 1. The van der Waals surface area contributed by atoms with Crippen LogP contribution in [0.4, 0.5) is 15.9 Å². The predicted octanol–water partition coefficient (Wildman–Crippen LogP) is 4.15. The topological polar surface area (TPSA) is 61.6 Å². The van der Waals surface area contributed by atoms with Gasteiger partial charge >= 0.3 is 0 Å². The van der Waals surface area contributed by atoms with E-state index in [0.29, 0.717) is 16.9 Å². The highest BCUT2D eigenvalue weighted by Crippen LogP contribution is 2.29. The first-order chi connectivity index (χ1) is 9.43. The lowest BCUT2D eigenvalue weighted by Gasteiger charge is -2.10. The molecule has 2 rings (SSSR count). The van der Waals surface area contributed by atoms with Gasteiger partial charge in [-0.1, -0.05) is 23.2 Å². The van der Waals surface area contributed by atoms with E-state index in [1.807, 2.05) is 0 Å². The summed E-state index contributed by atoms with van der Waals surface area (Å²) >= 11 is 11.4. The molecule has 20 heavy (non-hydrogen) atoms. The zero-order chi connectivity index (χ0) is 14.9. The summed E-state index contributed by atoms with van der Waals surface area (Å²) < 4.78 is 13.3. The van der Waals surface area contributed by atoms with E-state index in [0.717, 1.165) is 5.56 Å². The summed E-state index contributed by atoms with van der Waals surface area (Å²) in [5.41, 5.74) is 2.19. The van der Waals surface area contributed by atoms with Crippen LogP contribution in [-0.2, 0) is 0 Å². The Hall–Kier alpha value is -1.90. The number of nitriles is 1. The van der Waals surface area contributed by atoms with Gasteiger partial charge in [0.05, 0.1) is 15.7 Å². The van der Waals surface area contributed by atoms with Crippen LogP contribution in [0.15, 0.2) is 12.1 Å². The minimum Gasteiger partial charge on any atom is -0.338 e. The largest absolute Gasteiger partial charge is 0.338 e. The fourth-order valence-electron chi connectivity index (χ4n) is 1.60. The lowest BCUT2D eigenvalue weighted by molar-refractivity contribution is 0.629. The van der Waals surface area contributed by atoms with Gasteiger partial charge in [-0.05, 0) is 31.5 Å². The van der Waals surface area contributed by atoms with Gasteiger partial charge in [-0.2, -0.15) is 10.4 Å². The standard InChI is InChI=1S/C13H9Cl2FN4/c1-6-7(2)19-20-13(9(6)5-17)18-8-3-10(14)12(16)11(15)4-8/h3-4H,1-2H3,(H,18,20). The molecule has 1 aromatic heterocycles. The molecular weight excluding hydrogens is 302 g/mol. The molecule has 0 fully saturated rings. The molecular formula is C13H9Cl2FN4. The Labute approximate surface area is 125 Å². The Morgan fingerprint density at radius 2 is 1.80 bits per heavy atom. The van der Waals surface area contributed by atoms with Gasteiger partial charge in [0, 0.05) is 5.69 Å². The number of hydrogen-bond donors (Lipinski definition) is 1. The zero-order valence-corrected chi connectivity index (χ0v) is 12.1. The molecule has 102 valence electrons. The molecule has 0 atom stereocenters. The van der Waals surface area contributed by atoms with Crippen LogP contribution in [0.25, 0.3) is 0 Å². The summed E-state index contributed by atoms with van der Waals surface area (Å²) in [5.74, 6) is -0.417. The second-order valence-electron chi connectivity index (χ2n) is 4.12. The maximum absolute atomic E-state index is 13.3. The highest BCUT2D eigenvalue weighted by molar-refractivity contribution is 6.35. The third-order valence-corrected chi connectivity index (χ3v) is 3.36. The second-order valence-corrected chi connectivity index (χ2v) is 4.94. The van der Waals surface area contributed by atoms with E-state index in [2.05, 4.69) is 21.6 Å². The monoisotopic (exact) mass is 310 g/mol. The summed E-state index contributed by atoms with van der Waals surface area (Å²) in [4.78, 5) is 0. The van der Waals surface area contributed by atoms with Crippen molar-refractivity contribution in [2.45, 2.75) is 13.8 Å². The van der Waals surface area contributed by atoms with Crippen molar-refractivity contribution in [3.63, 3.8) is 0 Å². The maximum atomic E-state index is 13.3. The van der Waals surface area contributed by atoms with Crippen LogP contribution in [0.1, 0.15) is 16.8 Å². The van der Waals surface area contributed by atoms with Crippen molar-refractivity contribution < 1.29 is 4.39 Å². The molecule has 1 N–H and O–H groups in total. The Balaban J connectivity index is 2.46. The fourth-order valence-corrected chi connectivity index (χ4v) is 2.08. The second kappa shape index (κ2) is 5.61. The van der Waals surface area contributed by atoms with Crippen molar-refractivity contribution in [1.29, 1.82) is 5.26 Å². The SMILES string of the molecule is Cc1nnc(Nc2cc(Cl)c(F)c(Cl)c2)c(C#N)c1C. The number of nitrogens with one attached hydrogen (secondary N) is 1. The average molecular weight is 311 g/mol. The molecule has 2 aromatic rings. The number of aromatic nitrogens is 2. The number of halogens is 3. The third kappa shape index (κ3) is 2.67. The molecule has 0 bridgehead atoms. The highest BCUT2D eigenvalue weighted by Gasteiger charge is 2.13. The molecule has 1 heterocycles. The minimum atomic E-state index is -0.689. The molecule has 0 saturated carbocycles. The lowest BCUT2D eigenvalue weighted by Crippen LogP contribution is -2.03. The van der Waals surface area contributed by atoms with E-state index in [1.165, 1.54) is 12.1 Å². The van der Waals surface area contributed by atoms with Gasteiger partial charge in [-0.25, -0.2) is 4.39 Å². The van der Waals surface area contributed by atoms with E-state index in [-0.39, 0.29) is 15.9 Å². The van der Waals surface area contributed by atoms with Crippen molar-refractivity contribution in [3.8, 4) is 6.07 Å². The first-order valence-electron chi connectivity index (χ1n) is 5.59. The Kier molecular flexibility index (Phi) is 4.07. The van der Waals surface area contributed by atoms with E-state index >= 15 is 0 Å². The smallest absolute Gasteiger partial charge is 0.171 e. The van der Waals surface area contributed by atoms with Crippen LogP contribution in [0.3, 0.4) is 0 Å². The quantitative estimate of drug-likeness (QED) is 0.846. The van der Waals surface area contributed by atoms with Crippen molar-refractivity contribution in [1.82, 2.24) is 10.2 Å². The Bertz CT molecular complexity index is 702. The van der Waals surface area contributed by atoms with Crippen LogP contribution in [-0.4, -0.2) is 10.2 Å². The van der Waals surface area contributed by atoms with Crippen LogP contribution < -0.4 is 5.32 Å². The molecule has 0 amide bonds. The van der Waals surface area contributed by atoms with Gasteiger partial charge in [0.1, 0.15) is 11.6 Å². The molecule has 4 nitrogen and oxygen atoms in total. The molecule has 1 aromatic carbocycles. The van der Waals surface area contributed by atoms with Gasteiger partial charge in [0.25, 0.3) is 0 Å². The van der Waals surface area contributed by atoms with Crippen molar-refractivity contribution in [2.75, 3.05) is 5.32 Å². The van der Waals surface area contributed by atoms with Crippen LogP contribution in [0.5, 0.6) is 0 Å². The first kappa shape index (κ1) is 14.5. The number of hydrogen-bond acceptors (Lipinski definition) is 4. The molecule has 0 spiro atoms. The van der Waals surface area contributed by atoms with Gasteiger partial charge in [0.2, 0.25) is 0 Å². The van der Waals surface area contributed by atoms with Gasteiger partial charge in [-0.15, -0.1) is 5.10 Å². The molecule has 0 saturated heterocycles. The van der Waals surface area contributed by atoms with Crippen LogP contribution in [0, 0.1) is 31.0 Å². The molecule has 0 aliphatic rings. The zero-order valence-electron chi connectivity index (χ0n) is 10.6. The predicted molar refractivity (Wildman–Crippen MR) is 75.9 cm³/mol. The Morgan fingerprint density at radius 1 is 1.20 bits per heavy atom. The van der Waals surface area contributed by atoms with E-state index in [4.69, 9.17) is 23.2 Å². The molecule has 0 aliphatic heterocycles. The van der Waals surface area contributed by atoms with E-state index in [9.17, 15) is 9.65 Å². The molecule has 7 heteroatoms. The first-order valence-corrected chi connectivity index (χ1v) is 6.35. The number of aryl methyl sites for hydroxylation is 1. The minimum absolute atomic E-state index is 0.115. The average Bonchev–Trinajstić information content (AvgIpc) is 2.40. The fraction of sp³-hybridized carbons (Fsp3) is 0.154. The highest BCUT2D eigenvalue weighted by atomic mass is 35.5. The Morgan fingerprint density at radius 3 is 2.35 bits per heavy atom. The van der Waals surface area contributed by atoms with Crippen molar-refractivity contribution in [3.05, 3.63) is 44.8 Å². The molecule has 0 radical (unpaired) electrons. The van der Waals surface area contributed by atoms with Gasteiger partial charge < -0.3 is 5.32 Å². The maximum Gasteiger partial charge on any atom is 0.171 e.